The molecule has 1 saturated carbocycles. The van der Waals surface area contributed by atoms with Crippen LogP contribution in [0.1, 0.15) is 56.3 Å². The highest BCUT2D eigenvalue weighted by atomic mass is 32.1. The molecule has 1 aromatic rings. The van der Waals surface area contributed by atoms with Gasteiger partial charge in [-0.15, -0.1) is 10.2 Å². The zero-order chi connectivity index (χ0) is 13.9. The van der Waals surface area contributed by atoms with Crippen molar-refractivity contribution in [1.29, 1.82) is 0 Å². The summed E-state index contributed by atoms with van der Waals surface area (Å²) in [5.41, 5.74) is 0.419. The Bertz CT molecular complexity index is 434. The predicted molar refractivity (Wildman–Crippen MR) is 77.6 cm³/mol. The van der Waals surface area contributed by atoms with Gasteiger partial charge in [0.2, 0.25) is 10.1 Å². The lowest BCUT2D eigenvalue weighted by molar-refractivity contribution is 0.0908. The molecular formula is C13H22N4OS. The van der Waals surface area contributed by atoms with Gasteiger partial charge in [0.1, 0.15) is 0 Å². The molecule has 0 radical (unpaired) electrons. The second kappa shape index (κ2) is 5.86. The average molecular weight is 282 g/mol. The van der Waals surface area contributed by atoms with Crippen molar-refractivity contribution in [2.24, 2.45) is 5.41 Å². The van der Waals surface area contributed by atoms with E-state index in [1.807, 2.05) is 6.92 Å². The summed E-state index contributed by atoms with van der Waals surface area (Å²) < 4.78 is 0. The topological polar surface area (TPSA) is 66.9 Å². The Morgan fingerprint density at radius 1 is 1.37 bits per heavy atom. The number of rotatable bonds is 4. The Morgan fingerprint density at radius 3 is 2.68 bits per heavy atom. The standard InChI is InChI=1S/C13H22N4OS/c1-4-14-12-17-16-11(19-12)10(18)15-9-5-7-13(2,3)8-6-9/h9H,4-8H2,1-3H3,(H,14,17)(H,15,18). The number of amides is 1. The molecule has 1 amide bonds. The van der Waals surface area contributed by atoms with Gasteiger partial charge in [0.25, 0.3) is 5.91 Å². The van der Waals surface area contributed by atoms with Gasteiger partial charge in [-0.25, -0.2) is 0 Å². The van der Waals surface area contributed by atoms with Crippen LogP contribution in [-0.4, -0.2) is 28.7 Å². The maximum absolute atomic E-state index is 12.1. The Morgan fingerprint density at radius 2 is 2.05 bits per heavy atom. The summed E-state index contributed by atoms with van der Waals surface area (Å²) in [5.74, 6) is -0.0913. The molecule has 19 heavy (non-hydrogen) atoms. The normalized spacial score (nSPS) is 19.1. The first kappa shape index (κ1) is 14.2. The first-order valence-corrected chi connectivity index (χ1v) is 7.70. The fourth-order valence-corrected chi connectivity index (χ4v) is 3.04. The van der Waals surface area contributed by atoms with Gasteiger partial charge in [0, 0.05) is 12.6 Å². The van der Waals surface area contributed by atoms with Crippen LogP contribution in [-0.2, 0) is 0 Å². The minimum atomic E-state index is -0.0913. The van der Waals surface area contributed by atoms with E-state index in [-0.39, 0.29) is 11.9 Å². The summed E-state index contributed by atoms with van der Waals surface area (Å²) in [6.45, 7) is 7.36. The van der Waals surface area contributed by atoms with Crippen molar-refractivity contribution in [1.82, 2.24) is 15.5 Å². The van der Waals surface area contributed by atoms with Crippen LogP contribution in [0.2, 0.25) is 0 Å². The molecule has 2 rings (SSSR count). The molecule has 0 aliphatic heterocycles. The molecule has 1 heterocycles. The van der Waals surface area contributed by atoms with Crippen LogP contribution < -0.4 is 10.6 Å². The Kier molecular flexibility index (Phi) is 4.39. The Labute approximate surface area is 118 Å². The average Bonchev–Trinajstić information content (AvgIpc) is 2.81. The van der Waals surface area contributed by atoms with Crippen LogP contribution in [0, 0.1) is 5.41 Å². The molecule has 1 fully saturated rings. The number of aromatic nitrogens is 2. The lowest BCUT2D eigenvalue weighted by atomic mass is 9.75. The van der Waals surface area contributed by atoms with Crippen molar-refractivity contribution in [2.75, 3.05) is 11.9 Å². The molecule has 0 saturated heterocycles. The summed E-state index contributed by atoms with van der Waals surface area (Å²) in [5, 5.41) is 15.1. The van der Waals surface area contributed by atoms with Crippen molar-refractivity contribution in [2.45, 2.75) is 52.5 Å². The minimum Gasteiger partial charge on any atom is -0.360 e. The maximum atomic E-state index is 12.1. The molecule has 2 N–H and O–H groups in total. The molecule has 5 nitrogen and oxygen atoms in total. The van der Waals surface area contributed by atoms with Crippen molar-refractivity contribution in [3.05, 3.63) is 5.01 Å². The number of anilines is 1. The molecular weight excluding hydrogens is 260 g/mol. The van der Waals surface area contributed by atoms with Gasteiger partial charge < -0.3 is 10.6 Å². The molecule has 0 atom stereocenters. The Balaban J connectivity index is 1.87. The maximum Gasteiger partial charge on any atom is 0.282 e. The van der Waals surface area contributed by atoms with Gasteiger partial charge in [0.05, 0.1) is 0 Å². The van der Waals surface area contributed by atoms with Gasteiger partial charge in [-0.1, -0.05) is 25.2 Å². The quantitative estimate of drug-likeness (QED) is 0.891. The fraction of sp³-hybridized carbons (Fsp3) is 0.769. The van der Waals surface area contributed by atoms with Crippen LogP contribution in [0.3, 0.4) is 0 Å². The van der Waals surface area contributed by atoms with E-state index >= 15 is 0 Å². The van der Waals surface area contributed by atoms with E-state index in [4.69, 9.17) is 0 Å². The van der Waals surface area contributed by atoms with Crippen LogP contribution in [0.4, 0.5) is 5.13 Å². The molecule has 6 heteroatoms. The highest BCUT2D eigenvalue weighted by Crippen LogP contribution is 2.35. The lowest BCUT2D eigenvalue weighted by Crippen LogP contribution is -2.39. The van der Waals surface area contributed by atoms with E-state index in [1.54, 1.807) is 0 Å². The van der Waals surface area contributed by atoms with Gasteiger partial charge in [0.15, 0.2) is 0 Å². The molecule has 1 aliphatic rings. The van der Waals surface area contributed by atoms with E-state index in [1.165, 1.54) is 11.3 Å². The summed E-state index contributed by atoms with van der Waals surface area (Å²) in [4.78, 5) is 12.1. The van der Waals surface area contributed by atoms with Crippen LogP contribution in [0.15, 0.2) is 0 Å². The highest BCUT2D eigenvalue weighted by molar-refractivity contribution is 7.17. The van der Waals surface area contributed by atoms with Crippen molar-refractivity contribution in [3.8, 4) is 0 Å². The monoisotopic (exact) mass is 282 g/mol. The zero-order valence-electron chi connectivity index (χ0n) is 11.8. The van der Waals surface area contributed by atoms with E-state index in [0.717, 1.165) is 32.2 Å². The van der Waals surface area contributed by atoms with Gasteiger partial charge in [-0.3, -0.25) is 4.79 Å². The number of nitrogens with one attached hydrogen (secondary N) is 2. The Hall–Kier alpha value is -1.17. The van der Waals surface area contributed by atoms with Crippen LogP contribution in [0.5, 0.6) is 0 Å². The number of nitrogens with zero attached hydrogens (tertiary/aromatic N) is 2. The molecule has 106 valence electrons. The summed E-state index contributed by atoms with van der Waals surface area (Å²) in [6, 6.07) is 0.284. The van der Waals surface area contributed by atoms with Crippen LogP contribution in [0.25, 0.3) is 0 Å². The fourth-order valence-electron chi connectivity index (χ4n) is 2.33. The molecule has 0 spiro atoms. The SMILES string of the molecule is CCNc1nnc(C(=O)NC2CCC(C)(C)CC2)s1. The van der Waals surface area contributed by atoms with E-state index in [2.05, 4.69) is 34.7 Å². The third-order valence-corrected chi connectivity index (χ3v) is 4.50. The first-order valence-electron chi connectivity index (χ1n) is 6.88. The summed E-state index contributed by atoms with van der Waals surface area (Å²) in [6.07, 6.45) is 4.43. The lowest BCUT2D eigenvalue weighted by Gasteiger charge is -2.34. The molecule has 0 unspecified atom stereocenters. The van der Waals surface area contributed by atoms with E-state index in [0.29, 0.717) is 15.6 Å². The van der Waals surface area contributed by atoms with Crippen LogP contribution >= 0.6 is 11.3 Å². The second-order valence-corrected chi connectivity index (χ2v) is 6.83. The van der Waals surface area contributed by atoms with Crippen molar-refractivity contribution < 1.29 is 4.79 Å². The molecule has 0 aromatic carbocycles. The summed E-state index contributed by atoms with van der Waals surface area (Å²) in [7, 11) is 0. The predicted octanol–water partition coefficient (Wildman–Crippen LogP) is 2.67. The van der Waals surface area contributed by atoms with Gasteiger partial charge in [-0.2, -0.15) is 0 Å². The van der Waals surface area contributed by atoms with E-state index < -0.39 is 0 Å². The van der Waals surface area contributed by atoms with Crippen molar-refractivity contribution >= 4 is 22.4 Å². The van der Waals surface area contributed by atoms with Gasteiger partial charge >= 0.3 is 0 Å². The first-order chi connectivity index (χ1) is 9.00. The van der Waals surface area contributed by atoms with Gasteiger partial charge in [-0.05, 0) is 38.0 Å². The van der Waals surface area contributed by atoms with E-state index in [9.17, 15) is 4.79 Å². The number of carbonyl (C=O) groups excluding carboxylic acids is 1. The molecule has 1 aromatic heterocycles. The third kappa shape index (κ3) is 3.89. The zero-order valence-corrected chi connectivity index (χ0v) is 12.6. The number of hydrogen-bond acceptors (Lipinski definition) is 5. The minimum absolute atomic E-state index is 0.0913. The van der Waals surface area contributed by atoms with Crippen molar-refractivity contribution in [3.63, 3.8) is 0 Å². The number of hydrogen-bond donors (Lipinski definition) is 2. The summed E-state index contributed by atoms with van der Waals surface area (Å²) >= 11 is 1.31. The second-order valence-electron chi connectivity index (χ2n) is 5.85. The molecule has 0 bridgehead atoms. The number of carbonyl (C=O) groups is 1. The largest absolute Gasteiger partial charge is 0.360 e. The smallest absolute Gasteiger partial charge is 0.282 e. The molecule has 1 aliphatic carbocycles. The third-order valence-electron chi connectivity index (χ3n) is 3.62. The highest BCUT2D eigenvalue weighted by Gasteiger charge is 2.28.